The van der Waals surface area contributed by atoms with E-state index in [0.717, 1.165) is 28.8 Å². The summed E-state index contributed by atoms with van der Waals surface area (Å²) in [6.07, 6.45) is 4.71. The lowest BCUT2D eigenvalue weighted by atomic mass is 9.84. The smallest absolute Gasteiger partial charge is 0.172 e. The fourth-order valence-corrected chi connectivity index (χ4v) is 3.90. The van der Waals surface area contributed by atoms with Gasteiger partial charge in [0.15, 0.2) is 5.78 Å². The molecule has 0 spiro atoms. The summed E-state index contributed by atoms with van der Waals surface area (Å²) in [6, 6.07) is 17.7. The quantitative estimate of drug-likeness (QED) is 0.571. The Bertz CT molecular complexity index is 1080. The van der Waals surface area contributed by atoms with Crippen molar-refractivity contribution in [2.24, 2.45) is 4.99 Å². The predicted octanol–water partition coefficient (Wildman–Crippen LogP) is 5.15. The van der Waals surface area contributed by atoms with E-state index in [9.17, 15) is 4.79 Å². The molecule has 0 N–H and O–H groups in total. The summed E-state index contributed by atoms with van der Waals surface area (Å²) in [5.74, 6) is 0.606. The number of pyridine rings is 1. The van der Waals surface area contributed by atoms with Crippen molar-refractivity contribution >= 4 is 11.5 Å². The van der Waals surface area contributed by atoms with Gasteiger partial charge in [-0.1, -0.05) is 30.3 Å². The number of carbonyl (C=O) groups is 1. The van der Waals surface area contributed by atoms with Gasteiger partial charge in [0.1, 0.15) is 5.75 Å². The number of rotatable bonds is 5. The zero-order valence-electron chi connectivity index (χ0n) is 17.0. The minimum absolute atomic E-state index is 0.0108. The van der Waals surface area contributed by atoms with Crippen molar-refractivity contribution in [3.8, 4) is 16.9 Å². The summed E-state index contributed by atoms with van der Waals surface area (Å²) in [4.78, 5) is 22.3. The third-order valence-corrected chi connectivity index (χ3v) is 5.21. The molecule has 2 heterocycles. The van der Waals surface area contributed by atoms with Gasteiger partial charge in [-0.3, -0.25) is 14.8 Å². The second-order valence-corrected chi connectivity index (χ2v) is 7.96. The number of carbonyl (C=O) groups excluding carboxylic acids is 1. The Morgan fingerprint density at radius 1 is 1.07 bits per heavy atom. The van der Waals surface area contributed by atoms with Gasteiger partial charge in [0.2, 0.25) is 0 Å². The van der Waals surface area contributed by atoms with E-state index in [0.29, 0.717) is 11.3 Å². The Kier molecular flexibility index (Phi) is 5.01. The lowest BCUT2D eigenvalue weighted by molar-refractivity contribution is 0.0997. The highest BCUT2D eigenvalue weighted by Gasteiger charge is 2.28. The van der Waals surface area contributed by atoms with Gasteiger partial charge in [-0.2, -0.15) is 0 Å². The molecule has 1 aliphatic heterocycles. The fraction of sp³-hybridized carbons (Fsp3) is 0.240. The van der Waals surface area contributed by atoms with Crippen LogP contribution in [0, 0.1) is 0 Å². The predicted molar refractivity (Wildman–Crippen MR) is 116 cm³/mol. The van der Waals surface area contributed by atoms with Gasteiger partial charge >= 0.3 is 0 Å². The van der Waals surface area contributed by atoms with Crippen molar-refractivity contribution < 1.29 is 9.53 Å². The Morgan fingerprint density at radius 3 is 2.66 bits per heavy atom. The molecule has 1 aliphatic rings. The largest absolute Gasteiger partial charge is 0.496 e. The zero-order chi connectivity index (χ0) is 20.4. The zero-order valence-corrected chi connectivity index (χ0v) is 17.0. The number of hydrogen-bond acceptors (Lipinski definition) is 4. The van der Waals surface area contributed by atoms with Crippen LogP contribution < -0.4 is 4.74 Å². The molecule has 2 aromatic carbocycles. The number of nitrogens with zero attached hydrogens (tertiary/aromatic N) is 2. The van der Waals surface area contributed by atoms with E-state index in [-0.39, 0.29) is 17.7 Å². The minimum atomic E-state index is -0.237. The molecule has 4 nitrogen and oxygen atoms in total. The second-order valence-electron chi connectivity index (χ2n) is 7.96. The van der Waals surface area contributed by atoms with E-state index < -0.39 is 0 Å². The van der Waals surface area contributed by atoms with Gasteiger partial charge in [-0.05, 0) is 61.2 Å². The number of para-hydroxylation sites is 1. The number of methoxy groups -OCH3 is 1. The van der Waals surface area contributed by atoms with Crippen molar-refractivity contribution in [3.63, 3.8) is 0 Å². The molecule has 0 fully saturated rings. The summed E-state index contributed by atoms with van der Waals surface area (Å²) < 4.78 is 5.38. The van der Waals surface area contributed by atoms with E-state index in [1.165, 1.54) is 5.56 Å². The molecule has 0 amide bonds. The molecular formula is C25H24N2O2. The molecule has 4 heteroatoms. The Hall–Kier alpha value is -3.27. The SMILES string of the molecule is COc1ccccc1C(=O)CC1=NC(C)(C)Cc2ccc(-c3cccnc3)cc21. The standard InChI is InChI=1S/C25H24N2O2/c1-25(2)15-18-11-10-17(19-7-6-12-26-16-19)13-21(18)22(27-25)14-23(28)20-8-4-5-9-24(20)29-3/h4-13,16H,14-15H2,1-3H3. The lowest BCUT2D eigenvalue weighted by Gasteiger charge is -2.29. The molecular weight excluding hydrogens is 360 g/mol. The average molecular weight is 384 g/mol. The number of Topliss-reactive ketones (excluding diaryl/α,β-unsaturated/α-hetero) is 1. The number of ketones is 1. The third kappa shape index (κ3) is 3.97. The normalized spacial score (nSPS) is 14.7. The minimum Gasteiger partial charge on any atom is -0.496 e. The molecule has 0 radical (unpaired) electrons. The van der Waals surface area contributed by atoms with Gasteiger partial charge in [-0.25, -0.2) is 0 Å². The first-order chi connectivity index (χ1) is 14.0. The van der Waals surface area contributed by atoms with Gasteiger partial charge in [0.25, 0.3) is 0 Å². The van der Waals surface area contributed by atoms with Gasteiger partial charge < -0.3 is 4.74 Å². The fourth-order valence-electron chi connectivity index (χ4n) is 3.90. The molecule has 0 saturated heterocycles. The monoisotopic (exact) mass is 384 g/mol. The maximum atomic E-state index is 13.1. The second kappa shape index (κ2) is 7.63. The number of ether oxygens (including phenoxy) is 1. The summed E-state index contributed by atoms with van der Waals surface area (Å²) in [5, 5.41) is 0. The van der Waals surface area contributed by atoms with E-state index in [2.05, 4.69) is 37.0 Å². The third-order valence-electron chi connectivity index (χ3n) is 5.21. The summed E-state index contributed by atoms with van der Waals surface area (Å²) in [6.45, 7) is 4.22. The van der Waals surface area contributed by atoms with Gasteiger partial charge in [0, 0.05) is 18.0 Å². The van der Waals surface area contributed by atoms with Crippen LogP contribution in [0.4, 0.5) is 0 Å². The van der Waals surface area contributed by atoms with Gasteiger partial charge in [0.05, 0.1) is 30.3 Å². The molecule has 0 bridgehead atoms. The van der Waals surface area contributed by atoms with Crippen molar-refractivity contribution in [2.75, 3.05) is 7.11 Å². The average Bonchev–Trinajstić information content (AvgIpc) is 2.73. The molecule has 0 saturated carbocycles. The first kappa shape index (κ1) is 19.1. The Labute approximate surface area is 171 Å². The van der Waals surface area contributed by atoms with Crippen LogP contribution in [0.2, 0.25) is 0 Å². The van der Waals surface area contributed by atoms with Crippen molar-refractivity contribution in [3.05, 3.63) is 83.7 Å². The van der Waals surface area contributed by atoms with Crippen LogP contribution in [0.15, 0.2) is 72.0 Å². The van der Waals surface area contributed by atoms with E-state index >= 15 is 0 Å². The highest BCUT2D eigenvalue weighted by Crippen LogP contribution is 2.32. The first-order valence-electron chi connectivity index (χ1n) is 9.75. The van der Waals surface area contributed by atoms with Crippen molar-refractivity contribution in [1.29, 1.82) is 0 Å². The maximum Gasteiger partial charge on any atom is 0.172 e. The Balaban J connectivity index is 1.73. The van der Waals surface area contributed by atoms with Crippen LogP contribution >= 0.6 is 0 Å². The van der Waals surface area contributed by atoms with Crippen LogP contribution in [-0.2, 0) is 6.42 Å². The highest BCUT2D eigenvalue weighted by atomic mass is 16.5. The molecule has 4 rings (SSSR count). The van der Waals surface area contributed by atoms with Gasteiger partial charge in [-0.15, -0.1) is 0 Å². The summed E-state index contributed by atoms with van der Waals surface area (Å²) in [7, 11) is 1.59. The topological polar surface area (TPSA) is 51.5 Å². The van der Waals surface area contributed by atoms with Crippen molar-refractivity contribution in [1.82, 2.24) is 4.98 Å². The molecule has 1 aromatic heterocycles. The summed E-state index contributed by atoms with van der Waals surface area (Å²) >= 11 is 0. The molecule has 29 heavy (non-hydrogen) atoms. The van der Waals surface area contributed by atoms with E-state index in [1.54, 1.807) is 13.3 Å². The number of aromatic nitrogens is 1. The van der Waals surface area contributed by atoms with Crippen LogP contribution in [0.1, 0.15) is 41.8 Å². The molecule has 146 valence electrons. The Morgan fingerprint density at radius 2 is 1.90 bits per heavy atom. The lowest BCUT2D eigenvalue weighted by Crippen LogP contribution is -2.30. The number of benzene rings is 2. The number of hydrogen-bond donors (Lipinski definition) is 0. The molecule has 0 unspecified atom stereocenters. The van der Waals surface area contributed by atoms with E-state index in [1.807, 2.05) is 42.6 Å². The van der Waals surface area contributed by atoms with E-state index in [4.69, 9.17) is 9.73 Å². The highest BCUT2D eigenvalue weighted by molar-refractivity contribution is 6.17. The number of fused-ring (bicyclic) bond motifs is 1. The summed E-state index contributed by atoms with van der Waals surface area (Å²) in [5.41, 5.74) is 5.59. The maximum absolute atomic E-state index is 13.1. The van der Waals surface area contributed by atoms with Crippen LogP contribution in [0.25, 0.3) is 11.1 Å². The number of aliphatic imine (C=N–C) groups is 1. The first-order valence-corrected chi connectivity index (χ1v) is 9.75. The molecule has 0 atom stereocenters. The van der Waals surface area contributed by atoms with Crippen molar-refractivity contribution in [2.45, 2.75) is 32.2 Å². The molecule has 0 aliphatic carbocycles. The van der Waals surface area contributed by atoms with Crippen LogP contribution in [-0.4, -0.2) is 29.1 Å². The van der Waals surface area contributed by atoms with Crippen LogP contribution in [0.5, 0.6) is 5.75 Å². The molecule has 3 aromatic rings. The van der Waals surface area contributed by atoms with Crippen LogP contribution in [0.3, 0.4) is 0 Å².